The van der Waals surface area contributed by atoms with Gasteiger partial charge in [0, 0.05) is 13.1 Å². The second kappa shape index (κ2) is 6.12. The first-order valence-corrected chi connectivity index (χ1v) is 6.82. The van der Waals surface area contributed by atoms with Crippen LogP contribution in [-0.2, 0) is 9.53 Å². The number of carbonyl (C=O) groups excluding carboxylic acids is 2. The van der Waals surface area contributed by atoms with Gasteiger partial charge in [-0.15, -0.1) is 0 Å². The van der Waals surface area contributed by atoms with Crippen LogP contribution >= 0.6 is 0 Å². The van der Waals surface area contributed by atoms with Crippen molar-refractivity contribution in [2.45, 2.75) is 46.3 Å². The van der Waals surface area contributed by atoms with E-state index < -0.39 is 17.7 Å². The van der Waals surface area contributed by atoms with E-state index in [9.17, 15) is 9.59 Å². The van der Waals surface area contributed by atoms with Gasteiger partial charge in [-0.1, -0.05) is 13.8 Å². The highest BCUT2D eigenvalue weighted by molar-refractivity contribution is 5.86. The number of likely N-dealkylation sites (tertiary alicyclic amines) is 1. The Morgan fingerprint density at radius 2 is 1.90 bits per heavy atom. The molecule has 1 aliphatic heterocycles. The minimum atomic E-state index is -0.621. The van der Waals surface area contributed by atoms with Crippen LogP contribution in [0.5, 0.6) is 0 Å². The Hall–Kier alpha value is -1.77. The normalized spacial score (nSPS) is 17.1. The zero-order chi connectivity index (χ0) is 15.5. The molecule has 2 amide bonds. The Labute approximate surface area is 120 Å². The summed E-state index contributed by atoms with van der Waals surface area (Å²) >= 11 is 0. The van der Waals surface area contributed by atoms with E-state index in [0.717, 1.165) is 0 Å². The summed E-state index contributed by atoms with van der Waals surface area (Å²) < 4.78 is 5.17. The average molecular weight is 281 g/mol. The van der Waals surface area contributed by atoms with Gasteiger partial charge >= 0.3 is 6.09 Å². The van der Waals surface area contributed by atoms with E-state index in [4.69, 9.17) is 10.00 Å². The molecule has 0 spiro atoms. The first-order chi connectivity index (χ1) is 9.14. The zero-order valence-electron chi connectivity index (χ0n) is 12.8. The van der Waals surface area contributed by atoms with Gasteiger partial charge in [0.15, 0.2) is 0 Å². The fourth-order valence-corrected chi connectivity index (χ4v) is 1.88. The Kier molecular flexibility index (Phi) is 4.98. The van der Waals surface area contributed by atoms with Gasteiger partial charge in [0.05, 0.1) is 12.0 Å². The first-order valence-electron chi connectivity index (χ1n) is 6.82. The van der Waals surface area contributed by atoms with Crippen LogP contribution < -0.4 is 5.32 Å². The van der Waals surface area contributed by atoms with Gasteiger partial charge in [0.2, 0.25) is 5.91 Å². The monoisotopic (exact) mass is 281 g/mol. The lowest BCUT2D eigenvalue weighted by atomic mass is 9.97. The third-order valence-electron chi connectivity index (χ3n) is 2.98. The number of rotatable bonds is 3. The number of hydrogen-bond acceptors (Lipinski definition) is 4. The SMILES string of the molecule is CC(C)C(NC(=O)OC(C)(C)C)C(=O)N1CC(C#N)C1. The highest BCUT2D eigenvalue weighted by Gasteiger charge is 2.36. The fourth-order valence-electron chi connectivity index (χ4n) is 1.88. The van der Waals surface area contributed by atoms with Gasteiger partial charge in [-0.2, -0.15) is 5.26 Å². The second-order valence-electron chi connectivity index (χ2n) is 6.44. The third-order valence-corrected chi connectivity index (χ3v) is 2.98. The minimum absolute atomic E-state index is 0.0452. The Balaban J connectivity index is 2.59. The summed E-state index contributed by atoms with van der Waals surface area (Å²) in [5.41, 5.74) is -0.600. The molecule has 1 unspecified atom stereocenters. The van der Waals surface area contributed by atoms with Crippen molar-refractivity contribution in [1.82, 2.24) is 10.2 Å². The van der Waals surface area contributed by atoms with Crippen molar-refractivity contribution >= 4 is 12.0 Å². The summed E-state index contributed by atoms with van der Waals surface area (Å²) in [5, 5.41) is 11.3. The molecule has 1 fully saturated rings. The van der Waals surface area contributed by atoms with Crippen molar-refractivity contribution < 1.29 is 14.3 Å². The quantitative estimate of drug-likeness (QED) is 0.850. The van der Waals surface area contributed by atoms with E-state index >= 15 is 0 Å². The molecule has 0 radical (unpaired) electrons. The van der Waals surface area contributed by atoms with E-state index in [0.29, 0.717) is 13.1 Å². The van der Waals surface area contributed by atoms with Crippen LogP contribution in [-0.4, -0.2) is 41.6 Å². The zero-order valence-corrected chi connectivity index (χ0v) is 12.8. The topological polar surface area (TPSA) is 82.4 Å². The summed E-state index contributed by atoms with van der Waals surface area (Å²) in [5.74, 6) is -0.290. The third kappa shape index (κ3) is 4.41. The molecule has 0 aliphatic carbocycles. The van der Waals surface area contributed by atoms with E-state index in [1.165, 1.54) is 0 Å². The Morgan fingerprint density at radius 1 is 1.35 bits per heavy atom. The van der Waals surface area contributed by atoms with E-state index in [-0.39, 0.29) is 17.7 Å². The summed E-state index contributed by atoms with van der Waals surface area (Å²) in [4.78, 5) is 25.6. The smallest absolute Gasteiger partial charge is 0.408 e. The summed E-state index contributed by atoms with van der Waals surface area (Å²) in [6.45, 7) is 9.91. The molecule has 1 N–H and O–H groups in total. The molecule has 0 aromatic rings. The molecule has 112 valence electrons. The number of nitrogens with one attached hydrogen (secondary N) is 1. The van der Waals surface area contributed by atoms with Crippen LogP contribution in [0.25, 0.3) is 0 Å². The molecule has 1 aliphatic rings. The molecule has 6 nitrogen and oxygen atoms in total. The van der Waals surface area contributed by atoms with Gasteiger partial charge in [-0.05, 0) is 26.7 Å². The molecule has 1 rings (SSSR count). The van der Waals surface area contributed by atoms with Gasteiger partial charge < -0.3 is 15.0 Å². The van der Waals surface area contributed by atoms with Crippen LogP contribution in [0.15, 0.2) is 0 Å². The molecular weight excluding hydrogens is 258 g/mol. The number of alkyl carbamates (subject to hydrolysis) is 1. The summed E-state index contributed by atoms with van der Waals surface area (Å²) in [6.07, 6.45) is -0.595. The van der Waals surface area contributed by atoms with E-state index in [1.54, 1.807) is 25.7 Å². The predicted molar refractivity (Wildman–Crippen MR) is 73.7 cm³/mol. The minimum Gasteiger partial charge on any atom is -0.444 e. The summed E-state index contributed by atoms with van der Waals surface area (Å²) in [6, 6.07) is 1.50. The number of nitriles is 1. The lowest BCUT2D eigenvalue weighted by Gasteiger charge is -2.38. The fraction of sp³-hybridized carbons (Fsp3) is 0.786. The number of ether oxygens (including phenoxy) is 1. The lowest BCUT2D eigenvalue weighted by molar-refractivity contribution is -0.139. The largest absolute Gasteiger partial charge is 0.444 e. The molecule has 1 atom stereocenters. The average Bonchev–Trinajstić information content (AvgIpc) is 2.21. The maximum absolute atomic E-state index is 12.3. The van der Waals surface area contributed by atoms with Crippen LogP contribution in [0.1, 0.15) is 34.6 Å². The number of hydrogen-bond donors (Lipinski definition) is 1. The van der Waals surface area contributed by atoms with Crippen molar-refractivity contribution in [2.24, 2.45) is 11.8 Å². The molecule has 20 heavy (non-hydrogen) atoms. The summed E-state index contributed by atoms with van der Waals surface area (Å²) in [7, 11) is 0. The van der Waals surface area contributed by atoms with Gasteiger partial charge in [-0.3, -0.25) is 4.79 Å². The van der Waals surface area contributed by atoms with Gasteiger partial charge in [-0.25, -0.2) is 4.79 Å². The highest BCUT2D eigenvalue weighted by atomic mass is 16.6. The number of amides is 2. The first kappa shape index (κ1) is 16.3. The number of nitrogens with zero attached hydrogens (tertiary/aromatic N) is 2. The van der Waals surface area contributed by atoms with E-state index in [1.807, 2.05) is 13.8 Å². The Bertz CT molecular complexity index is 414. The van der Waals surface area contributed by atoms with Crippen molar-refractivity contribution in [2.75, 3.05) is 13.1 Å². The molecule has 0 aromatic heterocycles. The molecule has 1 heterocycles. The molecule has 0 saturated carbocycles. The predicted octanol–water partition coefficient (Wildman–Crippen LogP) is 1.52. The van der Waals surface area contributed by atoms with Gasteiger partial charge in [0.1, 0.15) is 11.6 Å². The van der Waals surface area contributed by atoms with Crippen LogP contribution in [0.3, 0.4) is 0 Å². The highest BCUT2D eigenvalue weighted by Crippen LogP contribution is 2.18. The molecule has 6 heteroatoms. The van der Waals surface area contributed by atoms with Gasteiger partial charge in [0.25, 0.3) is 0 Å². The maximum atomic E-state index is 12.3. The maximum Gasteiger partial charge on any atom is 0.408 e. The standard InChI is InChI=1S/C14H23N3O3/c1-9(2)11(16-13(19)20-14(3,4)5)12(18)17-7-10(6-15)8-17/h9-11H,7-8H2,1-5H3,(H,16,19). The second-order valence-corrected chi connectivity index (χ2v) is 6.44. The molecule has 1 saturated heterocycles. The molecule has 0 aromatic carbocycles. The van der Waals surface area contributed by atoms with Crippen molar-refractivity contribution in [3.63, 3.8) is 0 Å². The van der Waals surface area contributed by atoms with E-state index in [2.05, 4.69) is 11.4 Å². The van der Waals surface area contributed by atoms with Crippen LogP contribution in [0.4, 0.5) is 4.79 Å². The van der Waals surface area contributed by atoms with Crippen molar-refractivity contribution in [3.05, 3.63) is 0 Å². The lowest BCUT2D eigenvalue weighted by Crippen LogP contribution is -2.58. The van der Waals surface area contributed by atoms with Crippen molar-refractivity contribution in [1.29, 1.82) is 5.26 Å². The molecular formula is C14H23N3O3. The van der Waals surface area contributed by atoms with Crippen molar-refractivity contribution in [3.8, 4) is 6.07 Å². The Morgan fingerprint density at radius 3 is 2.30 bits per heavy atom. The van der Waals surface area contributed by atoms with Crippen LogP contribution in [0, 0.1) is 23.2 Å². The molecule has 0 bridgehead atoms. The number of carbonyl (C=O) groups is 2. The van der Waals surface area contributed by atoms with Crippen LogP contribution in [0.2, 0.25) is 0 Å².